The van der Waals surface area contributed by atoms with E-state index in [1.54, 1.807) is 0 Å². The summed E-state index contributed by atoms with van der Waals surface area (Å²) in [6.07, 6.45) is 10.6. The fraction of sp³-hybridized carbons (Fsp3) is 0.438. The van der Waals surface area contributed by atoms with Gasteiger partial charge in [-0.15, -0.1) is 0 Å². The Morgan fingerprint density at radius 2 is 2.10 bits per heavy atom. The van der Waals surface area contributed by atoms with E-state index >= 15 is 0 Å². The van der Waals surface area contributed by atoms with Crippen LogP contribution in [0.2, 0.25) is 0 Å². The van der Waals surface area contributed by atoms with Gasteiger partial charge in [0.25, 0.3) is 0 Å². The van der Waals surface area contributed by atoms with Crippen LogP contribution in [-0.4, -0.2) is 9.55 Å². The molecule has 1 aliphatic rings. The quantitative estimate of drug-likeness (QED) is 0.873. The summed E-state index contributed by atoms with van der Waals surface area (Å²) in [5.41, 5.74) is 1.26. The minimum absolute atomic E-state index is 0.622. The Hall–Kier alpha value is -1.29. The molecule has 0 atom stereocenters. The second-order valence-corrected chi connectivity index (χ2v) is 6.35. The zero-order valence-electron chi connectivity index (χ0n) is 11.6. The lowest BCUT2D eigenvalue weighted by atomic mass is 9.95. The minimum Gasteiger partial charge on any atom is -0.352 e. The Labute approximate surface area is 128 Å². The highest BCUT2D eigenvalue weighted by Crippen LogP contribution is 2.30. The van der Waals surface area contributed by atoms with Crippen molar-refractivity contribution in [3.8, 4) is 0 Å². The molecule has 0 amide bonds. The number of hydrogen-bond acceptors (Lipinski definition) is 2. The molecule has 106 valence electrons. The molecule has 1 saturated carbocycles. The number of imidazole rings is 1. The van der Waals surface area contributed by atoms with Crippen molar-refractivity contribution in [2.75, 3.05) is 5.32 Å². The smallest absolute Gasteiger partial charge is 0.203 e. The number of benzene rings is 1. The zero-order valence-corrected chi connectivity index (χ0v) is 13.1. The summed E-state index contributed by atoms with van der Waals surface area (Å²) in [5, 5.41) is 3.47. The van der Waals surface area contributed by atoms with E-state index in [9.17, 15) is 0 Å². The summed E-state index contributed by atoms with van der Waals surface area (Å²) >= 11 is 3.51. The predicted octanol–water partition coefficient (Wildman–Crippen LogP) is 4.76. The summed E-state index contributed by atoms with van der Waals surface area (Å²) in [5.74, 6) is 0.997. The molecule has 1 heterocycles. The average Bonchev–Trinajstić information content (AvgIpc) is 2.95. The van der Waals surface area contributed by atoms with Gasteiger partial charge < -0.3 is 9.88 Å². The van der Waals surface area contributed by atoms with Crippen molar-refractivity contribution in [1.29, 1.82) is 0 Å². The van der Waals surface area contributed by atoms with E-state index in [2.05, 4.69) is 55.2 Å². The summed E-state index contributed by atoms with van der Waals surface area (Å²) < 4.78 is 3.43. The molecule has 4 heteroatoms. The van der Waals surface area contributed by atoms with Gasteiger partial charge in [-0.2, -0.15) is 0 Å². The van der Waals surface area contributed by atoms with Crippen LogP contribution in [0, 0.1) is 0 Å². The Morgan fingerprint density at radius 1 is 1.25 bits per heavy atom. The third-order valence-electron chi connectivity index (χ3n) is 3.98. The van der Waals surface area contributed by atoms with E-state index in [4.69, 9.17) is 0 Å². The monoisotopic (exact) mass is 333 g/mol. The van der Waals surface area contributed by atoms with Gasteiger partial charge >= 0.3 is 0 Å². The summed E-state index contributed by atoms with van der Waals surface area (Å²) in [4.78, 5) is 4.47. The summed E-state index contributed by atoms with van der Waals surface area (Å²) in [6, 6.07) is 9.00. The number of nitrogens with zero attached hydrogens (tertiary/aromatic N) is 2. The first kappa shape index (κ1) is 13.7. The minimum atomic E-state index is 0.622. The van der Waals surface area contributed by atoms with Crippen LogP contribution in [0.1, 0.15) is 43.7 Å². The topological polar surface area (TPSA) is 29.9 Å². The number of hydrogen-bond donors (Lipinski definition) is 1. The standard InChI is InChI=1S/C16H20BrN3/c17-14-6-4-5-13(11-14)12-19-16-18-9-10-20(16)15-7-2-1-3-8-15/h4-6,9-11,15H,1-3,7-8,12H2,(H,18,19). The first-order valence-electron chi connectivity index (χ1n) is 7.34. The predicted molar refractivity (Wildman–Crippen MR) is 85.8 cm³/mol. The molecular weight excluding hydrogens is 314 g/mol. The molecule has 0 bridgehead atoms. The molecule has 0 spiro atoms. The second-order valence-electron chi connectivity index (χ2n) is 5.43. The molecule has 1 aliphatic carbocycles. The van der Waals surface area contributed by atoms with E-state index in [-0.39, 0.29) is 0 Å². The molecule has 3 rings (SSSR count). The highest BCUT2D eigenvalue weighted by atomic mass is 79.9. The van der Waals surface area contributed by atoms with Crippen LogP contribution in [0.3, 0.4) is 0 Å². The largest absolute Gasteiger partial charge is 0.352 e. The first-order chi connectivity index (χ1) is 9.83. The Morgan fingerprint density at radius 3 is 2.90 bits per heavy atom. The van der Waals surface area contributed by atoms with Crippen molar-refractivity contribution in [3.63, 3.8) is 0 Å². The van der Waals surface area contributed by atoms with Gasteiger partial charge in [0, 0.05) is 29.5 Å². The van der Waals surface area contributed by atoms with Gasteiger partial charge in [0.05, 0.1) is 0 Å². The Bertz CT molecular complexity index is 558. The van der Waals surface area contributed by atoms with Gasteiger partial charge in [-0.1, -0.05) is 47.3 Å². The van der Waals surface area contributed by atoms with Gasteiger partial charge in [-0.05, 0) is 30.5 Å². The van der Waals surface area contributed by atoms with E-state index in [0.29, 0.717) is 6.04 Å². The molecule has 0 aliphatic heterocycles. The average molecular weight is 334 g/mol. The normalized spacial score (nSPS) is 16.2. The zero-order chi connectivity index (χ0) is 13.8. The molecule has 0 unspecified atom stereocenters. The fourth-order valence-corrected chi connectivity index (χ4v) is 3.38. The number of rotatable bonds is 4. The molecule has 0 saturated heterocycles. The molecule has 1 N–H and O–H groups in total. The molecular formula is C16H20BrN3. The number of nitrogens with one attached hydrogen (secondary N) is 1. The second kappa shape index (κ2) is 6.44. The lowest BCUT2D eigenvalue weighted by Gasteiger charge is -2.24. The lowest BCUT2D eigenvalue weighted by molar-refractivity contribution is 0.356. The van der Waals surface area contributed by atoms with Gasteiger partial charge in [-0.25, -0.2) is 4.98 Å². The summed E-state index contributed by atoms with van der Waals surface area (Å²) in [7, 11) is 0. The number of halogens is 1. The molecule has 0 radical (unpaired) electrons. The number of anilines is 1. The maximum atomic E-state index is 4.47. The molecule has 1 fully saturated rings. The van der Waals surface area contributed by atoms with E-state index in [0.717, 1.165) is 17.0 Å². The lowest BCUT2D eigenvalue weighted by Crippen LogP contribution is -2.15. The van der Waals surface area contributed by atoms with Crippen LogP contribution >= 0.6 is 15.9 Å². The highest BCUT2D eigenvalue weighted by molar-refractivity contribution is 9.10. The maximum Gasteiger partial charge on any atom is 0.203 e. The van der Waals surface area contributed by atoms with Gasteiger partial charge in [-0.3, -0.25) is 0 Å². The SMILES string of the molecule is Brc1cccc(CNc2nccn2C2CCCCC2)c1. The third-order valence-corrected chi connectivity index (χ3v) is 4.47. The number of aromatic nitrogens is 2. The van der Waals surface area contributed by atoms with Crippen molar-refractivity contribution in [1.82, 2.24) is 9.55 Å². The van der Waals surface area contributed by atoms with Crippen LogP contribution < -0.4 is 5.32 Å². The van der Waals surface area contributed by atoms with Crippen molar-refractivity contribution in [2.24, 2.45) is 0 Å². The van der Waals surface area contributed by atoms with Gasteiger partial charge in [0.2, 0.25) is 5.95 Å². The third kappa shape index (κ3) is 3.23. The van der Waals surface area contributed by atoms with E-state index in [1.165, 1.54) is 37.7 Å². The fourth-order valence-electron chi connectivity index (χ4n) is 2.93. The van der Waals surface area contributed by atoms with Crippen LogP contribution in [0.4, 0.5) is 5.95 Å². The van der Waals surface area contributed by atoms with Crippen molar-refractivity contribution < 1.29 is 0 Å². The molecule has 20 heavy (non-hydrogen) atoms. The Balaban J connectivity index is 1.67. The van der Waals surface area contributed by atoms with E-state index < -0.39 is 0 Å². The van der Waals surface area contributed by atoms with Crippen LogP contribution in [0.25, 0.3) is 0 Å². The van der Waals surface area contributed by atoms with Crippen LogP contribution in [0.15, 0.2) is 41.1 Å². The summed E-state index contributed by atoms with van der Waals surface area (Å²) in [6.45, 7) is 0.809. The van der Waals surface area contributed by atoms with Crippen molar-refractivity contribution in [3.05, 3.63) is 46.7 Å². The molecule has 3 nitrogen and oxygen atoms in total. The van der Waals surface area contributed by atoms with Crippen molar-refractivity contribution >= 4 is 21.9 Å². The van der Waals surface area contributed by atoms with Crippen LogP contribution in [0.5, 0.6) is 0 Å². The highest BCUT2D eigenvalue weighted by Gasteiger charge is 2.17. The molecule has 1 aromatic heterocycles. The van der Waals surface area contributed by atoms with Gasteiger partial charge in [0.15, 0.2) is 0 Å². The van der Waals surface area contributed by atoms with Crippen LogP contribution in [-0.2, 0) is 6.54 Å². The van der Waals surface area contributed by atoms with E-state index in [1.807, 2.05) is 12.3 Å². The molecule has 1 aromatic carbocycles. The first-order valence-corrected chi connectivity index (χ1v) is 8.13. The maximum absolute atomic E-state index is 4.47. The Kier molecular flexibility index (Phi) is 4.41. The molecule has 2 aromatic rings. The van der Waals surface area contributed by atoms with Crippen molar-refractivity contribution in [2.45, 2.75) is 44.7 Å². The van der Waals surface area contributed by atoms with Gasteiger partial charge in [0.1, 0.15) is 0 Å².